The van der Waals surface area contributed by atoms with Gasteiger partial charge in [-0.05, 0) is 48.9 Å². The second-order valence-electron chi connectivity index (χ2n) is 6.46. The molecular formula is C19H20F4N3O3+. The van der Waals surface area contributed by atoms with Gasteiger partial charge in [-0.1, -0.05) is 6.07 Å². The number of aryl methyl sites for hydroxylation is 1. The lowest BCUT2D eigenvalue weighted by molar-refractivity contribution is -0.862. The van der Waals surface area contributed by atoms with E-state index in [0.717, 1.165) is 17.7 Å². The van der Waals surface area contributed by atoms with Crippen LogP contribution in [-0.4, -0.2) is 38.3 Å². The molecule has 10 heteroatoms. The molecule has 2 rings (SSSR count). The lowest BCUT2D eigenvalue weighted by atomic mass is 10.2. The Labute approximate surface area is 164 Å². The monoisotopic (exact) mass is 414 g/mol. The smallest absolute Gasteiger partial charge is 0.406 e. The predicted octanol–water partition coefficient (Wildman–Crippen LogP) is 2.12. The average Bonchev–Trinajstić information content (AvgIpc) is 2.57. The summed E-state index contributed by atoms with van der Waals surface area (Å²) in [6.45, 7) is 1.56. The van der Waals surface area contributed by atoms with Crippen LogP contribution in [0.3, 0.4) is 0 Å². The molecule has 3 N–H and O–H groups in total. The second kappa shape index (κ2) is 9.37. The molecule has 0 aliphatic carbocycles. The van der Waals surface area contributed by atoms with Crippen LogP contribution in [0.1, 0.15) is 5.56 Å². The van der Waals surface area contributed by atoms with Crippen LogP contribution in [-0.2, 0) is 9.59 Å². The van der Waals surface area contributed by atoms with E-state index in [2.05, 4.69) is 15.4 Å². The predicted molar refractivity (Wildman–Crippen MR) is 98.1 cm³/mol. The van der Waals surface area contributed by atoms with Crippen LogP contribution in [0.2, 0.25) is 0 Å². The van der Waals surface area contributed by atoms with Crippen LogP contribution >= 0.6 is 0 Å². The van der Waals surface area contributed by atoms with Gasteiger partial charge in [-0.25, -0.2) is 4.39 Å². The van der Waals surface area contributed by atoms with Gasteiger partial charge in [0, 0.05) is 5.69 Å². The second-order valence-corrected chi connectivity index (χ2v) is 6.46. The Kier molecular flexibility index (Phi) is 7.16. The van der Waals surface area contributed by atoms with Gasteiger partial charge in [0.15, 0.2) is 13.1 Å². The van der Waals surface area contributed by atoms with E-state index in [9.17, 15) is 27.2 Å². The molecule has 156 valence electrons. The van der Waals surface area contributed by atoms with Crippen molar-refractivity contribution in [3.63, 3.8) is 0 Å². The van der Waals surface area contributed by atoms with E-state index in [1.807, 2.05) is 0 Å². The zero-order valence-electron chi connectivity index (χ0n) is 15.7. The Morgan fingerprint density at radius 1 is 1.00 bits per heavy atom. The number of carbonyl (C=O) groups excluding carboxylic acids is 2. The lowest BCUT2D eigenvalue weighted by Gasteiger charge is -2.14. The van der Waals surface area contributed by atoms with E-state index in [0.29, 0.717) is 4.90 Å². The van der Waals surface area contributed by atoms with Crippen LogP contribution in [0.25, 0.3) is 0 Å². The van der Waals surface area contributed by atoms with Gasteiger partial charge in [0.25, 0.3) is 11.8 Å². The van der Waals surface area contributed by atoms with Crippen molar-refractivity contribution < 1.29 is 36.8 Å². The molecule has 2 amide bonds. The number of anilines is 2. The van der Waals surface area contributed by atoms with Crippen molar-refractivity contribution in [3.8, 4) is 5.75 Å². The standard InChI is InChI=1S/C19H19F4N3O3/c1-12-3-8-16(15(20)9-12)25-18(28)11-26(2)10-17(27)24-13-4-6-14(7-5-13)29-19(21,22)23/h3-9H,10-11H2,1-2H3,(H,24,27)(H,25,28)/p+1. The third-order valence-corrected chi connectivity index (χ3v) is 3.69. The molecular weight excluding hydrogens is 394 g/mol. The number of hydrogen-bond donors (Lipinski definition) is 3. The van der Waals surface area contributed by atoms with Gasteiger partial charge in [0.2, 0.25) is 0 Å². The van der Waals surface area contributed by atoms with E-state index in [4.69, 9.17) is 0 Å². The molecule has 0 saturated carbocycles. The number of nitrogens with one attached hydrogen (secondary N) is 3. The summed E-state index contributed by atoms with van der Waals surface area (Å²) in [5, 5.41) is 4.96. The van der Waals surface area contributed by atoms with Crippen LogP contribution in [0.15, 0.2) is 42.5 Å². The Morgan fingerprint density at radius 2 is 1.59 bits per heavy atom. The van der Waals surface area contributed by atoms with Crippen LogP contribution in [0.5, 0.6) is 5.75 Å². The van der Waals surface area contributed by atoms with Crippen LogP contribution < -0.4 is 20.3 Å². The summed E-state index contributed by atoms with van der Waals surface area (Å²) in [5.41, 5.74) is 1.06. The molecule has 1 unspecified atom stereocenters. The van der Waals surface area contributed by atoms with E-state index in [-0.39, 0.29) is 24.5 Å². The molecule has 0 fully saturated rings. The first kappa shape index (κ1) is 22.2. The average molecular weight is 414 g/mol. The maximum absolute atomic E-state index is 13.8. The first-order valence-electron chi connectivity index (χ1n) is 8.55. The van der Waals surface area contributed by atoms with Crippen LogP contribution in [0.4, 0.5) is 28.9 Å². The normalized spacial score (nSPS) is 12.2. The highest BCUT2D eigenvalue weighted by atomic mass is 19.4. The molecule has 1 atom stereocenters. The summed E-state index contributed by atoms with van der Waals surface area (Å²) in [7, 11) is 1.60. The molecule has 2 aromatic carbocycles. The Morgan fingerprint density at radius 3 is 2.14 bits per heavy atom. The minimum atomic E-state index is -4.79. The summed E-state index contributed by atoms with van der Waals surface area (Å²) in [6.07, 6.45) is -4.79. The highest BCUT2D eigenvalue weighted by molar-refractivity contribution is 5.93. The number of carbonyl (C=O) groups is 2. The van der Waals surface area contributed by atoms with Gasteiger partial charge in [0.1, 0.15) is 11.6 Å². The number of alkyl halides is 3. The van der Waals surface area contributed by atoms with E-state index in [1.165, 1.54) is 24.3 Å². The number of hydrogen-bond acceptors (Lipinski definition) is 3. The Hall–Kier alpha value is -3.14. The highest BCUT2D eigenvalue weighted by Gasteiger charge is 2.31. The molecule has 2 aromatic rings. The number of benzene rings is 2. The van der Waals surface area contributed by atoms with Crippen molar-refractivity contribution >= 4 is 23.2 Å². The van der Waals surface area contributed by atoms with Gasteiger partial charge in [-0.2, -0.15) is 0 Å². The maximum Gasteiger partial charge on any atom is 0.573 e. The molecule has 0 radical (unpaired) electrons. The van der Waals surface area contributed by atoms with Crippen molar-refractivity contribution in [3.05, 3.63) is 53.8 Å². The van der Waals surface area contributed by atoms with Crippen LogP contribution in [0, 0.1) is 12.7 Å². The summed E-state index contributed by atoms with van der Waals surface area (Å²) in [4.78, 5) is 24.6. The molecule has 0 aliphatic heterocycles. The zero-order chi connectivity index (χ0) is 21.6. The van der Waals surface area contributed by atoms with Crippen molar-refractivity contribution in [2.75, 3.05) is 30.8 Å². The molecule has 0 saturated heterocycles. The largest absolute Gasteiger partial charge is 0.573 e. The molecule has 29 heavy (non-hydrogen) atoms. The van der Waals surface area contributed by atoms with Gasteiger partial charge in [-0.3, -0.25) is 9.59 Å². The van der Waals surface area contributed by atoms with E-state index < -0.39 is 29.7 Å². The summed E-state index contributed by atoms with van der Waals surface area (Å²) in [6, 6.07) is 9.09. The number of amides is 2. The summed E-state index contributed by atoms with van der Waals surface area (Å²) in [5.74, 6) is -1.86. The lowest BCUT2D eigenvalue weighted by Crippen LogP contribution is -3.11. The highest BCUT2D eigenvalue weighted by Crippen LogP contribution is 2.23. The zero-order valence-corrected chi connectivity index (χ0v) is 15.7. The number of ether oxygens (including phenoxy) is 1. The van der Waals surface area contributed by atoms with Crippen molar-refractivity contribution in [1.29, 1.82) is 0 Å². The van der Waals surface area contributed by atoms with Crippen molar-refractivity contribution in [2.24, 2.45) is 0 Å². The summed E-state index contributed by atoms with van der Waals surface area (Å²) < 4.78 is 53.9. The van der Waals surface area contributed by atoms with Gasteiger partial charge in [0.05, 0.1) is 12.7 Å². The fraction of sp³-hybridized carbons (Fsp3) is 0.263. The Balaban J connectivity index is 1.81. The molecule has 0 heterocycles. The molecule has 0 bridgehead atoms. The quantitative estimate of drug-likeness (QED) is 0.608. The summed E-state index contributed by atoms with van der Waals surface area (Å²) >= 11 is 0. The van der Waals surface area contributed by atoms with Crippen molar-refractivity contribution in [1.82, 2.24) is 0 Å². The van der Waals surface area contributed by atoms with E-state index >= 15 is 0 Å². The molecule has 6 nitrogen and oxygen atoms in total. The van der Waals surface area contributed by atoms with Gasteiger partial charge < -0.3 is 20.3 Å². The Bertz CT molecular complexity index is 870. The van der Waals surface area contributed by atoms with Crippen molar-refractivity contribution in [2.45, 2.75) is 13.3 Å². The third-order valence-electron chi connectivity index (χ3n) is 3.69. The van der Waals surface area contributed by atoms with E-state index in [1.54, 1.807) is 20.0 Å². The molecule has 0 aliphatic rings. The molecule has 0 aromatic heterocycles. The maximum atomic E-state index is 13.8. The first-order valence-corrected chi connectivity index (χ1v) is 8.55. The van der Waals surface area contributed by atoms with Gasteiger partial charge >= 0.3 is 6.36 Å². The minimum absolute atomic E-state index is 0.0546. The number of quaternary nitrogens is 1. The number of rotatable bonds is 7. The fourth-order valence-electron chi connectivity index (χ4n) is 2.47. The topological polar surface area (TPSA) is 71.9 Å². The first-order chi connectivity index (χ1) is 13.5. The number of halogens is 4. The third kappa shape index (κ3) is 7.78. The SMILES string of the molecule is Cc1ccc(NC(=O)C[NH+](C)CC(=O)Nc2ccc(OC(F)(F)F)cc2)c(F)c1. The molecule has 0 spiro atoms. The minimum Gasteiger partial charge on any atom is -0.406 e. The fourth-order valence-corrected chi connectivity index (χ4v) is 2.47. The number of likely N-dealkylation sites (N-methyl/N-ethyl adjacent to an activating group) is 1. The van der Waals surface area contributed by atoms with Gasteiger partial charge in [-0.15, -0.1) is 13.2 Å².